The van der Waals surface area contributed by atoms with Gasteiger partial charge >= 0.3 is 0 Å². The number of nitrogens with zero attached hydrogens (tertiary/aromatic N) is 1. The molecule has 12 heavy (non-hydrogen) atoms. The van der Waals surface area contributed by atoms with Gasteiger partial charge in [0.25, 0.3) is 0 Å². The van der Waals surface area contributed by atoms with E-state index in [0.717, 1.165) is 32.6 Å². The molecule has 0 unspecified atom stereocenters. The zero-order chi connectivity index (χ0) is 8.97. The highest BCUT2D eigenvalue weighted by Gasteiger charge is 2.27. The van der Waals surface area contributed by atoms with Gasteiger partial charge in [-0.25, -0.2) is 0 Å². The van der Waals surface area contributed by atoms with E-state index in [1.54, 1.807) is 0 Å². The number of aliphatic hydroxyl groups is 1. The van der Waals surface area contributed by atoms with Crippen LogP contribution in [-0.2, 0) is 0 Å². The average Bonchev–Trinajstić information content (AvgIpc) is 2.43. The fourth-order valence-electron chi connectivity index (χ4n) is 1.88. The Morgan fingerprint density at radius 2 is 2.25 bits per heavy atom. The van der Waals surface area contributed by atoms with Crippen molar-refractivity contribution in [3.05, 3.63) is 0 Å². The number of likely N-dealkylation sites (tertiary alicyclic amines) is 1. The number of hydrogen-bond donors (Lipinski definition) is 2. The van der Waals surface area contributed by atoms with Crippen LogP contribution >= 0.6 is 0 Å². The Bertz CT molecular complexity index is 130. The van der Waals surface area contributed by atoms with Crippen molar-refractivity contribution >= 4 is 0 Å². The third kappa shape index (κ3) is 2.44. The van der Waals surface area contributed by atoms with E-state index < -0.39 is 0 Å². The van der Waals surface area contributed by atoms with E-state index in [-0.39, 0.29) is 0 Å². The summed E-state index contributed by atoms with van der Waals surface area (Å²) in [5.41, 5.74) is 5.43. The van der Waals surface area contributed by atoms with Gasteiger partial charge in [-0.15, -0.1) is 0 Å². The van der Waals surface area contributed by atoms with E-state index in [4.69, 9.17) is 10.8 Å². The lowest BCUT2D eigenvalue weighted by atomic mass is 10.00. The summed E-state index contributed by atoms with van der Waals surface area (Å²) in [5, 5.41) is 9.03. The van der Waals surface area contributed by atoms with Gasteiger partial charge in [0.15, 0.2) is 0 Å². The molecule has 0 aliphatic carbocycles. The van der Waals surface area contributed by atoms with E-state index >= 15 is 0 Å². The molecule has 0 aromatic rings. The number of rotatable bonds is 4. The summed E-state index contributed by atoms with van der Waals surface area (Å²) in [6.45, 7) is 6.60. The minimum absolute atomic E-state index is 0.334. The molecule has 0 spiro atoms. The molecule has 3 heteroatoms. The van der Waals surface area contributed by atoms with E-state index in [0.29, 0.717) is 18.4 Å². The molecule has 1 heterocycles. The van der Waals surface area contributed by atoms with Crippen molar-refractivity contribution in [1.29, 1.82) is 0 Å². The van der Waals surface area contributed by atoms with Gasteiger partial charge in [0.05, 0.1) is 0 Å². The molecule has 3 N–H and O–H groups in total. The third-order valence-corrected chi connectivity index (χ3v) is 2.76. The van der Waals surface area contributed by atoms with Crippen molar-refractivity contribution in [2.24, 2.45) is 17.6 Å². The van der Waals surface area contributed by atoms with Crippen molar-refractivity contribution in [2.75, 3.05) is 32.8 Å². The molecule has 1 saturated heterocycles. The van der Waals surface area contributed by atoms with E-state index in [1.165, 1.54) is 0 Å². The topological polar surface area (TPSA) is 49.5 Å². The van der Waals surface area contributed by atoms with Crippen LogP contribution in [0.2, 0.25) is 0 Å². The number of aliphatic hydroxyl groups excluding tert-OH is 1. The number of hydrogen-bond acceptors (Lipinski definition) is 3. The summed E-state index contributed by atoms with van der Waals surface area (Å²) < 4.78 is 0. The first kappa shape index (κ1) is 9.96. The standard InChI is InChI=1S/C9H20N2O/c1-8-5-11(4-2-3-10)6-9(8)7-12/h8-9,12H,2-7,10H2,1H3/t8-,9-/m0/s1. The van der Waals surface area contributed by atoms with Gasteiger partial charge in [-0.2, -0.15) is 0 Å². The molecule has 0 aromatic heterocycles. The molecule has 0 bridgehead atoms. The van der Waals surface area contributed by atoms with E-state index in [1.807, 2.05) is 0 Å². The monoisotopic (exact) mass is 172 g/mol. The van der Waals surface area contributed by atoms with Crippen molar-refractivity contribution in [3.63, 3.8) is 0 Å². The molecule has 1 aliphatic rings. The summed E-state index contributed by atoms with van der Waals surface area (Å²) in [7, 11) is 0. The summed E-state index contributed by atoms with van der Waals surface area (Å²) in [4.78, 5) is 2.40. The van der Waals surface area contributed by atoms with Crippen LogP contribution in [0.3, 0.4) is 0 Å². The molecule has 1 fully saturated rings. The fourth-order valence-corrected chi connectivity index (χ4v) is 1.88. The molecule has 0 amide bonds. The second kappa shape index (κ2) is 4.80. The quantitative estimate of drug-likeness (QED) is 0.622. The normalized spacial score (nSPS) is 31.2. The SMILES string of the molecule is C[C@H]1CN(CCCN)C[C@H]1CO. The largest absolute Gasteiger partial charge is 0.396 e. The smallest absolute Gasteiger partial charge is 0.0474 e. The Morgan fingerprint density at radius 1 is 1.50 bits per heavy atom. The average molecular weight is 172 g/mol. The maximum absolute atomic E-state index is 9.03. The fraction of sp³-hybridized carbons (Fsp3) is 1.00. The van der Waals surface area contributed by atoms with Crippen LogP contribution in [0.5, 0.6) is 0 Å². The first-order valence-corrected chi connectivity index (χ1v) is 4.81. The van der Waals surface area contributed by atoms with Crippen molar-refractivity contribution < 1.29 is 5.11 Å². The van der Waals surface area contributed by atoms with Crippen molar-refractivity contribution in [1.82, 2.24) is 4.90 Å². The highest BCUT2D eigenvalue weighted by Crippen LogP contribution is 2.21. The van der Waals surface area contributed by atoms with Gasteiger partial charge in [0.2, 0.25) is 0 Å². The third-order valence-electron chi connectivity index (χ3n) is 2.76. The maximum Gasteiger partial charge on any atom is 0.0474 e. The molecule has 0 saturated carbocycles. The lowest BCUT2D eigenvalue weighted by Gasteiger charge is -2.13. The Hall–Kier alpha value is -0.120. The predicted octanol–water partition coefficient (Wildman–Crippen LogP) is -0.105. The van der Waals surface area contributed by atoms with Gasteiger partial charge in [-0.3, -0.25) is 0 Å². The lowest BCUT2D eigenvalue weighted by Crippen LogP contribution is -2.24. The minimum atomic E-state index is 0.334. The molecule has 1 aliphatic heterocycles. The van der Waals surface area contributed by atoms with Gasteiger partial charge in [-0.05, 0) is 31.3 Å². The molecule has 0 radical (unpaired) electrons. The zero-order valence-corrected chi connectivity index (χ0v) is 7.87. The van der Waals surface area contributed by atoms with Crippen LogP contribution in [0.25, 0.3) is 0 Å². The van der Waals surface area contributed by atoms with Crippen LogP contribution in [0.4, 0.5) is 0 Å². The molecular weight excluding hydrogens is 152 g/mol. The highest BCUT2D eigenvalue weighted by molar-refractivity contribution is 4.80. The predicted molar refractivity (Wildman–Crippen MR) is 49.9 cm³/mol. The second-order valence-corrected chi connectivity index (χ2v) is 3.82. The molecule has 0 aromatic carbocycles. The molecule has 1 rings (SSSR count). The van der Waals surface area contributed by atoms with Crippen LogP contribution in [0, 0.1) is 11.8 Å². The van der Waals surface area contributed by atoms with Crippen molar-refractivity contribution in [3.8, 4) is 0 Å². The van der Waals surface area contributed by atoms with E-state index in [9.17, 15) is 0 Å². The van der Waals surface area contributed by atoms with Crippen LogP contribution < -0.4 is 5.73 Å². The summed E-state index contributed by atoms with van der Waals surface area (Å²) >= 11 is 0. The lowest BCUT2D eigenvalue weighted by molar-refractivity contribution is 0.205. The van der Waals surface area contributed by atoms with Crippen LogP contribution in [0.15, 0.2) is 0 Å². The molecule has 72 valence electrons. The van der Waals surface area contributed by atoms with Gasteiger partial charge in [-0.1, -0.05) is 6.92 Å². The highest BCUT2D eigenvalue weighted by atomic mass is 16.3. The number of nitrogens with two attached hydrogens (primary N) is 1. The van der Waals surface area contributed by atoms with E-state index in [2.05, 4.69) is 11.8 Å². The van der Waals surface area contributed by atoms with Gasteiger partial charge in [0, 0.05) is 19.7 Å². The van der Waals surface area contributed by atoms with Crippen LogP contribution in [0.1, 0.15) is 13.3 Å². The van der Waals surface area contributed by atoms with Gasteiger partial charge < -0.3 is 15.7 Å². The van der Waals surface area contributed by atoms with Gasteiger partial charge in [0.1, 0.15) is 0 Å². The summed E-state index contributed by atoms with van der Waals surface area (Å²) in [6, 6.07) is 0. The van der Waals surface area contributed by atoms with Crippen molar-refractivity contribution in [2.45, 2.75) is 13.3 Å². The maximum atomic E-state index is 9.03. The Morgan fingerprint density at radius 3 is 2.75 bits per heavy atom. The molecule has 2 atom stereocenters. The molecule has 3 nitrogen and oxygen atoms in total. The molecular formula is C9H20N2O. The minimum Gasteiger partial charge on any atom is -0.396 e. The van der Waals surface area contributed by atoms with Crippen LogP contribution in [-0.4, -0.2) is 42.8 Å². The Labute approximate surface area is 74.5 Å². The summed E-state index contributed by atoms with van der Waals surface area (Å²) in [6.07, 6.45) is 1.07. The second-order valence-electron chi connectivity index (χ2n) is 3.82. The first-order valence-electron chi connectivity index (χ1n) is 4.81. The zero-order valence-electron chi connectivity index (χ0n) is 7.87. The summed E-state index contributed by atoms with van der Waals surface area (Å²) in [5.74, 6) is 1.13. The Balaban J connectivity index is 2.23. The first-order chi connectivity index (χ1) is 5.77. The Kier molecular flexibility index (Phi) is 3.98.